The molecule has 0 spiro atoms. The summed E-state index contributed by atoms with van der Waals surface area (Å²) in [5, 5.41) is 10.5. The molecular weight excluding hydrogens is 400 g/mol. The first-order valence-electron chi connectivity index (χ1n) is 11.5. The Labute approximate surface area is 191 Å². The van der Waals surface area contributed by atoms with Crippen LogP contribution in [0.1, 0.15) is 29.4 Å². The third-order valence-electron chi connectivity index (χ3n) is 6.05. The van der Waals surface area contributed by atoms with Gasteiger partial charge < -0.3 is 14.4 Å². The minimum atomic E-state index is -0.506. The molecule has 0 radical (unpaired) electrons. The van der Waals surface area contributed by atoms with E-state index < -0.39 is 6.10 Å². The summed E-state index contributed by atoms with van der Waals surface area (Å²) in [5.41, 5.74) is 4.02. The van der Waals surface area contributed by atoms with E-state index in [-0.39, 0.29) is 0 Å². The third-order valence-corrected chi connectivity index (χ3v) is 6.05. The first kappa shape index (κ1) is 22.5. The Balaban J connectivity index is 1.21. The second kappa shape index (κ2) is 10.8. The molecule has 2 heterocycles. The molecule has 0 amide bonds. The van der Waals surface area contributed by atoms with Crippen molar-refractivity contribution in [1.29, 1.82) is 0 Å². The summed E-state index contributed by atoms with van der Waals surface area (Å²) in [6, 6.07) is 16.7. The molecule has 1 aliphatic rings. The Bertz CT molecular complexity index is 986. The standard InChI is InChI=1S/C26H34N4O2/c1-3-30-15-13-27-26(30)19-28(2)16-21-8-10-25(11-9-21)32-20-24(31)18-29-14-12-22-6-4-5-7-23(22)17-29/h4-11,13,15,24,31H,3,12,14,16-20H2,1-2H3. The number of imidazole rings is 1. The quantitative estimate of drug-likeness (QED) is 0.531. The van der Waals surface area contributed by atoms with Crippen LogP contribution in [0.4, 0.5) is 0 Å². The fourth-order valence-corrected chi connectivity index (χ4v) is 4.33. The van der Waals surface area contributed by atoms with E-state index >= 15 is 0 Å². The van der Waals surface area contributed by atoms with Gasteiger partial charge in [0.25, 0.3) is 0 Å². The van der Waals surface area contributed by atoms with Gasteiger partial charge in [0.15, 0.2) is 0 Å². The summed E-state index contributed by atoms with van der Waals surface area (Å²) in [4.78, 5) is 9.01. The van der Waals surface area contributed by atoms with Crippen LogP contribution in [0.15, 0.2) is 60.9 Å². The van der Waals surface area contributed by atoms with Gasteiger partial charge in [-0.05, 0) is 49.2 Å². The highest BCUT2D eigenvalue weighted by atomic mass is 16.5. The van der Waals surface area contributed by atoms with Crippen molar-refractivity contribution in [3.63, 3.8) is 0 Å². The molecule has 6 nitrogen and oxygen atoms in total. The molecule has 6 heteroatoms. The largest absolute Gasteiger partial charge is 0.491 e. The van der Waals surface area contributed by atoms with Crippen LogP contribution in [0.3, 0.4) is 0 Å². The number of fused-ring (bicyclic) bond motifs is 1. The van der Waals surface area contributed by atoms with E-state index in [1.165, 1.54) is 16.7 Å². The Kier molecular flexibility index (Phi) is 7.58. The third kappa shape index (κ3) is 5.97. The first-order chi connectivity index (χ1) is 15.6. The van der Waals surface area contributed by atoms with Crippen molar-refractivity contribution in [3.05, 3.63) is 83.4 Å². The van der Waals surface area contributed by atoms with Crippen molar-refractivity contribution in [3.8, 4) is 5.75 Å². The molecule has 0 saturated carbocycles. The monoisotopic (exact) mass is 434 g/mol. The zero-order chi connectivity index (χ0) is 22.3. The van der Waals surface area contributed by atoms with E-state index in [1.807, 2.05) is 24.5 Å². The maximum absolute atomic E-state index is 10.5. The minimum Gasteiger partial charge on any atom is -0.491 e. The molecule has 1 atom stereocenters. The van der Waals surface area contributed by atoms with Crippen LogP contribution in [0, 0.1) is 0 Å². The Morgan fingerprint density at radius 3 is 2.66 bits per heavy atom. The summed E-state index contributed by atoms with van der Waals surface area (Å²) < 4.78 is 8.02. The SMILES string of the molecule is CCn1ccnc1CN(C)Cc1ccc(OCC(O)CN2CCc3ccccc3C2)cc1. The van der Waals surface area contributed by atoms with E-state index in [1.54, 1.807) is 0 Å². The molecule has 4 rings (SSSR count). The molecule has 1 aliphatic heterocycles. The van der Waals surface area contributed by atoms with Crippen LogP contribution in [-0.4, -0.2) is 57.3 Å². The fourth-order valence-electron chi connectivity index (χ4n) is 4.33. The molecule has 1 N–H and O–H groups in total. The van der Waals surface area contributed by atoms with Gasteiger partial charge in [-0.3, -0.25) is 9.80 Å². The number of aromatic nitrogens is 2. The molecule has 1 aromatic heterocycles. The van der Waals surface area contributed by atoms with Crippen molar-refractivity contribution in [1.82, 2.24) is 19.4 Å². The van der Waals surface area contributed by atoms with Crippen LogP contribution >= 0.6 is 0 Å². The number of rotatable bonds is 10. The number of aliphatic hydroxyl groups is 1. The lowest BCUT2D eigenvalue weighted by Crippen LogP contribution is -2.38. The number of hydrogen-bond acceptors (Lipinski definition) is 5. The molecule has 0 saturated heterocycles. The van der Waals surface area contributed by atoms with Crippen LogP contribution in [0.25, 0.3) is 0 Å². The number of aliphatic hydroxyl groups excluding tert-OH is 1. The summed E-state index contributed by atoms with van der Waals surface area (Å²) in [7, 11) is 2.11. The van der Waals surface area contributed by atoms with E-state index in [0.717, 1.165) is 50.7 Å². The number of ether oxygens (including phenoxy) is 1. The van der Waals surface area contributed by atoms with Crippen LogP contribution < -0.4 is 4.74 Å². The van der Waals surface area contributed by atoms with Crippen molar-refractivity contribution in [2.75, 3.05) is 26.7 Å². The van der Waals surface area contributed by atoms with E-state index in [0.29, 0.717) is 13.2 Å². The molecule has 170 valence electrons. The second-order valence-corrected chi connectivity index (χ2v) is 8.66. The molecule has 0 bridgehead atoms. The Hall–Kier alpha value is -2.67. The highest BCUT2D eigenvalue weighted by molar-refractivity contribution is 5.29. The second-order valence-electron chi connectivity index (χ2n) is 8.66. The van der Waals surface area contributed by atoms with Gasteiger partial charge in [0.1, 0.15) is 24.3 Å². The lowest BCUT2D eigenvalue weighted by Gasteiger charge is -2.30. The first-order valence-corrected chi connectivity index (χ1v) is 11.5. The number of hydrogen-bond donors (Lipinski definition) is 1. The Morgan fingerprint density at radius 2 is 1.88 bits per heavy atom. The van der Waals surface area contributed by atoms with Crippen molar-refractivity contribution < 1.29 is 9.84 Å². The van der Waals surface area contributed by atoms with E-state index in [2.05, 4.69) is 69.7 Å². The predicted octanol–water partition coefficient (Wildman–Crippen LogP) is 3.33. The number of benzene rings is 2. The smallest absolute Gasteiger partial charge is 0.122 e. The maximum atomic E-state index is 10.5. The minimum absolute atomic E-state index is 0.303. The van der Waals surface area contributed by atoms with Gasteiger partial charge >= 0.3 is 0 Å². The number of β-amino-alcohol motifs (C(OH)–C–C–N with tert-alkyl or cyclic N) is 1. The van der Waals surface area contributed by atoms with Crippen molar-refractivity contribution in [2.45, 2.75) is 45.6 Å². The Morgan fingerprint density at radius 1 is 1.09 bits per heavy atom. The topological polar surface area (TPSA) is 53.8 Å². The van der Waals surface area contributed by atoms with Gasteiger partial charge in [-0.15, -0.1) is 0 Å². The zero-order valence-corrected chi connectivity index (χ0v) is 19.2. The van der Waals surface area contributed by atoms with E-state index in [9.17, 15) is 5.11 Å². The van der Waals surface area contributed by atoms with Gasteiger partial charge in [0.2, 0.25) is 0 Å². The highest BCUT2D eigenvalue weighted by Gasteiger charge is 2.18. The summed E-state index contributed by atoms with van der Waals surface area (Å²) >= 11 is 0. The molecule has 1 unspecified atom stereocenters. The molecule has 2 aromatic carbocycles. The molecule has 0 aliphatic carbocycles. The van der Waals surface area contributed by atoms with Crippen LogP contribution in [0.2, 0.25) is 0 Å². The molecule has 32 heavy (non-hydrogen) atoms. The van der Waals surface area contributed by atoms with E-state index in [4.69, 9.17) is 4.74 Å². The van der Waals surface area contributed by atoms with Crippen molar-refractivity contribution >= 4 is 0 Å². The summed E-state index contributed by atoms with van der Waals surface area (Å²) in [6.07, 6.45) is 4.42. The van der Waals surface area contributed by atoms with Crippen LogP contribution in [0.5, 0.6) is 5.75 Å². The predicted molar refractivity (Wildman–Crippen MR) is 126 cm³/mol. The lowest BCUT2D eigenvalue weighted by atomic mass is 10.00. The van der Waals surface area contributed by atoms with Gasteiger partial charge in [0.05, 0.1) is 6.54 Å². The average molecular weight is 435 g/mol. The van der Waals surface area contributed by atoms with Crippen LogP contribution in [-0.2, 0) is 32.6 Å². The van der Waals surface area contributed by atoms with Gasteiger partial charge in [-0.25, -0.2) is 4.98 Å². The number of nitrogens with zero attached hydrogens (tertiary/aromatic N) is 4. The fraction of sp³-hybridized carbons (Fsp3) is 0.423. The lowest BCUT2D eigenvalue weighted by molar-refractivity contribution is 0.0638. The highest BCUT2D eigenvalue weighted by Crippen LogP contribution is 2.19. The summed E-state index contributed by atoms with van der Waals surface area (Å²) in [5.74, 6) is 1.88. The average Bonchev–Trinajstić information content (AvgIpc) is 3.25. The molecule has 3 aromatic rings. The van der Waals surface area contributed by atoms with Crippen molar-refractivity contribution in [2.24, 2.45) is 0 Å². The molecular formula is C26H34N4O2. The maximum Gasteiger partial charge on any atom is 0.122 e. The van der Waals surface area contributed by atoms with Gasteiger partial charge in [-0.1, -0.05) is 36.4 Å². The van der Waals surface area contributed by atoms with Gasteiger partial charge in [-0.2, -0.15) is 0 Å². The van der Waals surface area contributed by atoms with Gasteiger partial charge in [0, 0.05) is 45.1 Å². The molecule has 0 fully saturated rings. The zero-order valence-electron chi connectivity index (χ0n) is 19.2. The summed E-state index contributed by atoms with van der Waals surface area (Å²) in [6.45, 7) is 7.53. The normalized spacial score (nSPS) is 15.0. The number of aryl methyl sites for hydroxylation is 1.